The molecule has 0 amide bonds. The Bertz CT molecular complexity index is 153. The Labute approximate surface area is 62.1 Å². The second-order valence-corrected chi connectivity index (χ2v) is 3.06. The third-order valence-corrected chi connectivity index (χ3v) is 2.34. The molecule has 2 N–H and O–H groups in total. The summed E-state index contributed by atoms with van der Waals surface area (Å²) in [6, 6.07) is 0. The van der Waals surface area contributed by atoms with E-state index in [2.05, 4.69) is 19.0 Å². The molecule has 0 aromatic heterocycles. The molecule has 1 heterocycles. The highest BCUT2D eigenvalue weighted by atomic mass is 15.4. The van der Waals surface area contributed by atoms with Crippen molar-refractivity contribution in [3.05, 3.63) is 0 Å². The lowest BCUT2D eigenvalue weighted by Crippen LogP contribution is -2.48. The highest BCUT2D eigenvalue weighted by molar-refractivity contribution is 5.73. The van der Waals surface area contributed by atoms with Crippen LogP contribution in [-0.2, 0) is 0 Å². The number of aliphatic imine (C=N–C) groups is 1. The first-order valence-corrected chi connectivity index (χ1v) is 3.75. The Morgan fingerprint density at radius 1 is 1.70 bits per heavy atom. The number of quaternary nitrogens is 1. The minimum absolute atomic E-state index is 0.753. The zero-order valence-electron chi connectivity index (χ0n) is 6.80. The number of hydrogen-bond acceptors (Lipinski definition) is 2. The van der Waals surface area contributed by atoms with Crippen molar-refractivity contribution >= 4 is 5.84 Å². The topological polar surface area (TPSA) is 38.4 Å². The molecule has 1 aliphatic rings. The van der Waals surface area contributed by atoms with E-state index in [9.17, 15) is 0 Å². The van der Waals surface area contributed by atoms with Crippen LogP contribution in [0.15, 0.2) is 4.99 Å². The lowest BCUT2D eigenvalue weighted by atomic mass is 10.4. The van der Waals surface area contributed by atoms with Gasteiger partial charge in [0, 0.05) is 13.5 Å². The van der Waals surface area contributed by atoms with E-state index >= 15 is 0 Å². The van der Waals surface area contributed by atoms with Crippen molar-refractivity contribution < 1.29 is 4.48 Å². The number of rotatable bonds is 2. The maximum atomic E-state index is 5.49. The number of amidine groups is 1. The predicted octanol–water partition coefficient (Wildman–Crippen LogP) is -0.176. The summed E-state index contributed by atoms with van der Waals surface area (Å²) in [5.74, 6) is 1.23. The zero-order chi connectivity index (χ0) is 7.61. The summed E-state index contributed by atoms with van der Waals surface area (Å²) in [5.41, 5.74) is 5.49. The molecule has 10 heavy (non-hydrogen) atoms. The largest absolute Gasteiger partial charge is 0.326 e. The Kier molecular flexibility index (Phi) is 2.06. The van der Waals surface area contributed by atoms with Crippen molar-refractivity contribution in [1.82, 2.24) is 0 Å². The number of hydrogen-bond donors (Lipinski definition) is 1. The quantitative estimate of drug-likeness (QED) is 0.534. The SMILES string of the molecule is CC1=NCC[N+]1(C)CCN. The summed E-state index contributed by atoms with van der Waals surface area (Å²) < 4.78 is 0.955. The molecule has 58 valence electrons. The first kappa shape index (κ1) is 7.69. The van der Waals surface area contributed by atoms with E-state index in [-0.39, 0.29) is 0 Å². The molecule has 1 atom stereocenters. The van der Waals surface area contributed by atoms with Crippen molar-refractivity contribution in [3.8, 4) is 0 Å². The van der Waals surface area contributed by atoms with E-state index < -0.39 is 0 Å². The van der Waals surface area contributed by atoms with Crippen LogP contribution in [0.4, 0.5) is 0 Å². The molecule has 3 heteroatoms. The van der Waals surface area contributed by atoms with E-state index in [1.165, 1.54) is 5.84 Å². The average Bonchev–Trinajstić information content (AvgIpc) is 2.15. The molecule has 0 saturated heterocycles. The van der Waals surface area contributed by atoms with Crippen LogP contribution in [0.2, 0.25) is 0 Å². The Hall–Kier alpha value is -0.410. The van der Waals surface area contributed by atoms with Gasteiger partial charge in [-0.25, -0.2) is 4.99 Å². The molecule has 0 aromatic carbocycles. The van der Waals surface area contributed by atoms with Crippen LogP contribution in [0.3, 0.4) is 0 Å². The van der Waals surface area contributed by atoms with Gasteiger partial charge in [0.15, 0.2) is 5.84 Å². The maximum Gasteiger partial charge on any atom is 0.195 e. The number of nitrogens with two attached hydrogens (primary N) is 1. The van der Waals surface area contributed by atoms with Gasteiger partial charge in [-0.2, -0.15) is 0 Å². The molecule has 1 unspecified atom stereocenters. The van der Waals surface area contributed by atoms with Gasteiger partial charge in [-0.3, -0.25) is 4.48 Å². The summed E-state index contributed by atoms with van der Waals surface area (Å²) in [4.78, 5) is 4.34. The van der Waals surface area contributed by atoms with Crippen LogP contribution < -0.4 is 5.73 Å². The maximum absolute atomic E-state index is 5.49. The first-order valence-electron chi connectivity index (χ1n) is 3.75. The summed E-state index contributed by atoms with van der Waals surface area (Å²) in [7, 11) is 2.19. The molecule has 0 fully saturated rings. The highest BCUT2D eigenvalue weighted by Crippen LogP contribution is 2.09. The molecular weight excluding hydrogens is 126 g/mol. The second kappa shape index (κ2) is 2.68. The van der Waals surface area contributed by atoms with Gasteiger partial charge in [0.05, 0.1) is 20.1 Å². The monoisotopic (exact) mass is 142 g/mol. The van der Waals surface area contributed by atoms with Gasteiger partial charge in [-0.1, -0.05) is 0 Å². The van der Waals surface area contributed by atoms with E-state index in [4.69, 9.17) is 5.73 Å². The molecule has 1 rings (SSSR count). The predicted molar refractivity (Wildman–Crippen MR) is 42.9 cm³/mol. The fourth-order valence-electron chi connectivity index (χ4n) is 1.32. The van der Waals surface area contributed by atoms with Gasteiger partial charge in [0.25, 0.3) is 0 Å². The van der Waals surface area contributed by atoms with Crippen LogP contribution in [0.5, 0.6) is 0 Å². The summed E-state index contributed by atoms with van der Waals surface area (Å²) in [6.45, 7) is 5.96. The first-order chi connectivity index (χ1) is 4.69. The smallest absolute Gasteiger partial charge is 0.195 e. The fraction of sp³-hybridized carbons (Fsp3) is 0.857. The third kappa shape index (κ3) is 1.20. The normalized spacial score (nSPS) is 32.5. The average molecular weight is 142 g/mol. The minimum atomic E-state index is 0.753. The van der Waals surface area contributed by atoms with Gasteiger partial charge in [-0.05, 0) is 0 Å². The summed E-state index contributed by atoms with van der Waals surface area (Å²) >= 11 is 0. The van der Waals surface area contributed by atoms with Crippen LogP contribution in [0, 0.1) is 0 Å². The lowest BCUT2D eigenvalue weighted by Gasteiger charge is -2.27. The molecule has 0 spiro atoms. The highest BCUT2D eigenvalue weighted by Gasteiger charge is 2.28. The fourth-order valence-corrected chi connectivity index (χ4v) is 1.32. The van der Waals surface area contributed by atoms with Crippen molar-refractivity contribution in [3.63, 3.8) is 0 Å². The van der Waals surface area contributed by atoms with Gasteiger partial charge in [-0.15, -0.1) is 0 Å². The van der Waals surface area contributed by atoms with E-state index in [0.717, 1.165) is 30.7 Å². The minimum Gasteiger partial charge on any atom is -0.326 e. The molecule has 0 aromatic rings. The van der Waals surface area contributed by atoms with Gasteiger partial charge < -0.3 is 5.73 Å². The third-order valence-electron chi connectivity index (χ3n) is 2.34. The Morgan fingerprint density at radius 3 is 2.80 bits per heavy atom. The van der Waals surface area contributed by atoms with Crippen molar-refractivity contribution in [2.24, 2.45) is 10.7 Å². The van der Waals surface area contributed by atoms with Gasteiger partial charge >= 0.3 is 0 Å². The summed E-state index contributed by atoms with van der Waals surface area (Å²) in [6.07, 6.45) is 0. The lowest BCUT2D eigenvalue weighted by molar-refractivity contribution is -0.812. The molecule has 0 radical (unpaired) electrons. The van der Waals surface area contributed by atoms with Crippen LogP contribution in [0.25, 0.3) is 0 Å². The van der Waals surface area contributed by atoms with E-state index in [0.29, 0.717) is 0 Å². The standard InChI is InChI=1S/C7H16N3/c1-7-9-4-6-10(7,2)5-3-8/h3-6,8H2,1-2H3/q+1. The van der Waals surface area contributed by atoms with Crippen LogP contribution in [0.1, 0.15) is 6.92 Å². The molecule has 0 saturated carbocycles. The summed E-state index contributed by atoms with van der Waals surface area (Å²) in [5, 5.41) is 0. The van der Waals surface area contributed by atoms with Gasteiger partial charge in [0.1, 0.15) is 6.54 Å². The van der Waals surface area contributed by atoms with E-state index in [1.54, 1.807) is 0 Å². The number of nitrogens with zero attached hydrogens (tertiary/aromatic N) is 2. The molecule has 0 aliphatic carbocycles. The Morgan fingerprint density at radius 2 is 2.40 bits per heavy atom. The van der Waals surface area contributed by atoms with E-state index in [1.807, 2.05) is 0 Å². The Balaban J connectivity index is 2.59. The molecule has 1 aliphatic heterocycles. The van der Waals surface area contributed by atoms with Crippen LogP contribution in [-0.4, -0.2) is 43.5 Å². The molecule has 3 nitrogen and oxygen atoms in total. The second-order valence-electron chi connectivity index (χ2n) is 3.06. The van der Waals surface area contributed by atoms with Crippen LogP contribution >= 0.6 is 0 Å². The van der Waals surface area contributed by atoms with Gasteiger partial charge in [0.2, 0.25) is 0 Å². The zero-order valence-corrected chi connectivity index (χ0v) is 6.80. The van der Waals surface area contributed by atoms with Crippen molar-refractivity contribution in [1.29, 1.82) is 0 Å². The molecule has 0 bridgehead atoms. The number of likely N-dealkylation sites (N-methyl/N-ethyl adjacent to an activating group) is 1. The molecular formula is C7H16N3+. The van der Waals surface area contributed by atoms with Crippen molar-refractivity contribution in [2.45, 2.75) is 6.92 Å². The van der Waals surface area contributed by atoms with Crippen molar-refractivity contribution in [2.75, 3.05) is 33.2 Å².